The minimum absolute atomic E-state index is 0.0197. The molecule has 0 aliphatic carbocycles. The van der Waals surface area contributed by atoms with E-state index >= 15 is 0 Å². The lowest BCUT2D eigenvalue weighted by Crippen LogP contribution is -2.58. The number of nitrogens with two attached hydrogens (primary N) is 2. The Kier molecular flexibility index (Phi) is 11.4. The van der Waals surface area contributed by atoms with Gasteiger partial charge in [-0.1, -0.05) is 23.7 Å². The van der Waals surface area contributed by atoms with Crippen LogP contribution in [0.3, 0.4) is 0 Å². The average molecular weight is 453 g/mol. The van der Waals surface area contributed by atoms with Gasteiger partial charge in [-0.05, 0) is 50.8 Å². The van der Waals surface area contributed by atoms with E-state index in [-0.39, 0.29) is 24.5 Å². The predicted octanol–water partition coefficient (Wildman–Crippen LogP) is 0.794. The molecule has 1 rings (SSSR count). The third-order valence-electron chi connectivity index (χ3n) is 4.35. The van der Waals surface area contributed by atoms with Crippen molar-refractivity contribution in [2.24, 2.45) is 16.5 Å². The van der Waals surface area contributed by atoms with Crippen LogP contribution in [0.4, 0.5) is 0 Å². The van der Waals surface area contributed by atoms with E-state index in [1.54, 1.807) is 26.0 Å². The maximum absolute atomic E-state index is 12.9. The SMILES string of the molecule is CC(=O)N(CCc1cccc(Cl)c1)C(C(=O)NCCCCN=C(N)N)C(=O)NC(C)C. The second kappa shape index (κ2) is 13.5. The van der Waals surface area contributed by atoms with Crippen LogP contribution >= 0.6 is 11.6 Å². The van der Waals surface area contributed by atoms with Crippen LogP contribution in [0.15, 0.2) is 29.3 Å². The summed E-state index contributed by atoms with van der Waals surface area (Å²) >= 11 is 6.02. The molecule has 0 saturated heterocycles. The first-order valence-corrected chi connectivity index (χ1v) is 10.6. The van der Waals surface area contributed by atoms with Crippen LogP contribution in [0.25, 0.3) is 0 Å². The highest BCUT2D eigenvalue weighted by Crippen LogP contribution is 2.13. The Bertz CT molecular complexity index is 780. The van der Waals surface area contributed by atoms with Crippen molar-refractivity contribution in [2.75, 3.05) is 19.6 Å². The lowest BCUT2D eigenvalue weighted by Gasteiger charge is -2.30. The van der Waals surface area contributed by atoms with E-state index in [2.05, 4.69) is 15.6 Å². The van der Waals surface area contributed by atoms with Gasteiger partial charge in [-0.2, -0.15) is 0 Å². The number of amides is 3. The molecule has 0 aliphatic heterocycles. The number of carbonyl (C=O) groups is 3. The van der Waals surface area contributed by atoms with Gasteiger partial charge in [-0.3, -0.25) is 19.4 Å². The first kappa shape index (κ1) is 26.2. The van der Waals surface area contributed by atoms with Crippen LogP contribution in [0, 0.1) is 0 Å². The number of carbonyl (C=O) groups excluding carboxylic acids is 3. The fourth-order valence-corrected chi connectivity index (χ4v) is 3.14. The van der Waals surface area contributed by atoms with Gasteiger partial charge in [0.2, 0.25) is 5.91 Å². The normalized spacial score (nSPS) is 11.5. The maximum atomic E-state index is 12.9. The molecule has 1 atom stereocenters. The third kappa shape index (κ3) is 10.2. The Morgan fingerprint density at radius 2 is 1.87 bits per heavy atom. The Balaban J connectivity index is 2.85. The Morgan fingerprint density at radius 1 is 1.16 bits per heavy atom. The topological polar surface area (TPSA) is 143 Å². The van der Waals surface area contributed by atoms with Crippen molar-refractivity contribution in [3.8, 4) is 0 Å². The van der Waals surface area contributed by atoms with E-state index < -0.39 is 17.9 Å². The molecule has 0 radical (unpaired) electrons. The van der Waals surface area contributed by atoms with Gasteiger partial charge >= 0.3 is 0 Å². The summed E-state index contributed by atoms with van der Waals surface area (Å²) in [6, 6.07) is 5.80. The molecule has 0 heterocycles. The second-order valence-corrected chi connectivity index (χ2v) is 7.90. The van der Waals surface area contributed by atoms with E-state index in [0.717, 1.165) is 5.56 Å². The second-order valence-electron chi connectivity index (χ2n) is 7.46. The van der Waals surface area contributed by atoms with Gasteiger partial charge in [-0.25, -0.2) is 0 Å². The number of halogens is 1. The number of nitrogens with zero attached hydrogens (tertiary/aromatic N) is 2. The number of aliphatic imine (C=N–C) groups is 1. The number of rotatable bonds is 12. The summed E-state index contributed by atoms with van der Waals surface area (Å²) in [5.41, 5.74) is 11.5. The molecule has 0 aliphatic rings. The van der Waals surface area contributed by atoms with Gasteiger partial charge in [-0.15, -0.1) is 0 Å². The highest BCUT2D eigenvalue weighted by molar-refractivity contribution is 6.30. The minimum Gasteiger partial charge on any atom is -0.370 e. The third-order valence-corrected chi connectivity index (χ3v) is 4.59. The Morgan fingerprint density at radius 3 is 2.45 bits per heavy atom. The van der Waals surface area contributed by atoms with Crippen molar-refractivity contribution < 1.29 is 14.4 Å². The van der Waals surface area contributed by atoms with E-state index in [9.17, 15) is 14.4 Å². The zero-order valence-corrected chi connectivity index (χ0v) is 19.1. The van der Waals surface area contributed by atoms with Crippen molar-refractivity contribution >= 4 is 35.3 Å². The number of hydrogen-bond acceptors (Lipinski definition) is 4. The molecule has 9 nitrogen and oxygen atoms in total. The van der Waals surface area contributed by atoms with Gasteiger partial charge in [0.1, 0.15) is 0 Å². The molecule has 6 N–H and O–H groups in total. The molecule has 1 aromatic rings. The van der Waals surface area contributed by atoms with Crippen LogP contribution in [0.5, 0.6) is 0 Å². The zero-order valence-electron chi connectivity index (χ0n) is 18.4. The number of benzene rings is 1. The average Bonchev–Trinajstić information content (AvgIpc) is 2.66. The minimum atomic E-state index is -1.27. The van der Waals surface area contributed by atoms with Crippen molar-refractivity contribution in [3.05, 3.63) is 34.9 Å². The van der Waals surface area contributed by atoms with Gasteiger partial charge in [0.15, 0.2) is 12.0 Å². The van der Waals surface area contributed by atoms with Crippen LogP contribution in [0.1, 0.15) is 39.2 Å². The molecule has 1 aromatic carbocycles. The molecule has 0 saturated carbocycles. The summed E-state index contributed by atoms with van der Waals surface area (Å²) in [5, 5.41) is 6.05. The van der Waals surface area contributed by atoms with Gasteiger partial charge < -0.3 is 27.0 Å². The molecule has 10 heteroatoms. The number of unbranched alkanes of at least 4 members (excludes halogenated alkanes) is 1. The molecular weight excluding hydrogens is 420 g/mol. The van der Waals surface area contributed by atoms with Gasteiger partial charge in [0.05, 0.1) is 0 Å². The number of hydrogen-bond donors (Lipinski definition) is 4. The predicted molar refractivity (Wildman–Crippen MR) is 123 cm³/mol. The van der Waals surface area contributed by atoms with Crippen molar-refractivity contribution in [3.63, 3.8) is 0 Å². The first-order valence-electron chi connectivity index (χ1n) is 10.3. The van der Waals surface area contributed by atoms with Crippen LogP contribution < -0.4 is 22.1 Å². The maximum Gasteiger partial charge on any atom is 0.252 e. The molecule has 0 aromatic heterocycles. The molecule has 0 spiro atoms. The Labute approximate surface area is 188 Å². The van der Waals surface area contributed by atoms with Crippen molar-refractivity contribution in [1.29, 1.82) is 0 Å². The monoisotopic (exact) mass is 452 g/mol. The van der Waals surface area contributed by atoms with Crippen LogP contribution in [-0.2, 0) is 20.8 Å². The summed E-state index contributed by atoms with van der Waals surface area (Å²) in [4.78, 5) is 43.2. The van der Waals surface area contributed by atoms with Crippen LogP contribution in [-0.4, -0.2) is 60.3 Å². The molecule has 3 amide bonds. The summed E-state index contributed by atoms with van der Waals surface area (Å²) in [6.07, 6.45) is 1.76. The first-order chi connectivity index (χ1) is 14.6. The fourth-order valence-electron chi connectivity index (χ4n) is 2.93. The van der Waals surface area contributed by atoms with Gasteiger partial charge in [0, 0.05) is 37.6 Å². The van der Waals surface area contributed by atoms with Crippen molar-refractivity contribution in [1.82, 2.24) is 15.5 Å². The highest BCUT2D eigenvalue weighted by Gasteiger charge is 2.34. The summed E-state index contributed by atoms with van der Waals surface area (Å²) in [5.74, 6) is -1.39. The van der Waals surface area contributed by atoms with E-state index in [1.807, 2.05) is 12.1 Å². The largest absolute Gasteiger partial charge is 0.370 e. The molecule has 0 bridgehead atoms. The molecule has 0 fully saturated rings. The quantitative estimate of drug-likeness (QED) is 0.160. The summed E-state index contributed by atoms with van der Waals surface area (Å²) in [6.45, 7) is 5.92. The highest BCUT2D eigenvalue weighted by atomic mass is 35.5. The van der Waals surface area contributed by atoms with E-state index in [0.29, 0.717) is 37.4 Å². The standard InChI is InChI=1S/C21H33ClN6O3/c1-14(2)27-20(31)18(19(30)25-10-4-5-11-26-21(23)24)28(15(3)29)12-9-16-7-6-8-17(22)13-16/h6-8,13-14,18H,4-5,9-12H2,1-3H3,(H,25,30)(H,27,31)(H4,23,24,26). The van der Waals surface area contributed by atoms with Gasteiger partial charge in [0.25, 0.3) is 11.8 Å². The molecule has 172 valence electrons. The number of nitrogens with one attached hydrogen (secondary N) is 2. The summed E-state index contributed by atoms with van der Waals surface area (Å²) in [7, 11) is 0. The lowest BCUT2D eigenvalue weighted by molar-refractivity contribution is -0.146. The summed E-state index contributed by atoms with van der Waals surface area (Å²) < 4.78 is 0. The van der Waals surface area contributed by atoms with E-state index in [4.69, 9.17) is 23.1 Å². The molecule has 31 heavy (non-hydrogen) atoms. The smallest absolute Gasteiger partial charge is 0.252 e. The Hall–Kier alpha value is -2.81. The van der Waals surface area contributed by atoms with E-state index in [1.165, 1.54) is 11.8 Å². The lowest BCUT2D eigenvalue weighted by atomic mass is 10.1. The van der Waals surface area contributed by atoms with Crippen LogP contribution in [0.2, 0.25) is 5.02 Å². The number of guanidine groups is 1. The molecular formula is C21H33ClN6O3. The molecule has 1 unspecified atom stereocenters. The zero-order chi connectivity index (χ0) is 23.4. The fraction of sp³-hybridized carbons (Fsp3) is 0.524. The van der Waals surface area contributed by atoms with Crippen molar-refractivity contribution in [2.45, 2.75) is 52.1 Å².